The molecule has 5 heteroatoms. The highest BCUT2D eigenvalue weighted by Crippen LogP contribution is 2.30. The van der Waals surface area contributed by atoms with Gasteiger partial charge in [-0.1, -0.05) is 35.9 Å². The summed E-state index contributed by atoms with van der Waals surface area (Å²) in [6.07, 6.45) is 0.122. The number of imide groups is 1. The number of nitrogens with zero attached hydrogens (tertiary/aromatic N) is 1. The van der Waals surface area contributed by atoms with Crippen LogP contribution < -0.4 is 10.2 Å². The monoisotopic (exact) mass is 328 g/mol. The van der Waals surface area contributed by atoms with Gasteiger partial charge in [0.25, 0.3) is 5.91 Å². The number of carbonyl (C=O) groups is 2. The van der Waals surface area contributed by atoms with E-state index in [9.17, 15) is 9.59 Å². The van der Waals surface area contributed by atoms with Gasteiger partial charge in [0.1, 0.15) is 6.04 Å². The van der Waals surface area contributed by atoms with Crippen molar-refractivity contribution in [1.82, 2.24) is 0 Å². The van der Waals surface area contributed by atoms with Crippen LogP contribution in [0.5, 0.6) is 0 Å². The second-order valence-electron chi connectivity index (χ2n) is 5.67. The standard InChI is InChI=1S/C18H17ClN2O2/c1-11-6-5-9-16(12(11)2)21-17(22)10-15(18(21)23)20-14-8-4-3-7-13(14)19/h3-9,15,20H,10H2,1-2H3/t15-/m0/s1. The summed E-state index contributed by atoms with van der Waals surface area (Å²) in [7, 11) is 0. The van der Waals surface area contributed by atoms with Gasteiger partial charge in [-0.3, -0.25) is 9.59 Å². The van der Waals surface area contributed by atoms with Crippen molar-refractivity contribution in [2.24, 2.45) is 0 Å². The van der Waals surface area contributed by atoms with Gasteiger partial charge in [0.05, 0.1) is 22.8 Å². The highest BCUT2D eigenvalue weighted by molar-refractivity contribution is 6.33. The summed E-state index contributed by atoms with van der Waals surface area (Å²) in [6, 6.07) is 12.2. The molecule has 1 heterocycles. The van der Waals surface area contributed by atoms with Gasteiger partial charge in [-0.15, -0.1) is 0 Å². The van der Waals surface area contributed by atoms with Gasteiger partial charge in [0.15, 0.2) is 0 Å². The molecule has 23 heavy (non-hydrogen) atoms. The van der Waals surface area contributed by atoms with Crippen molar-refractivity contribution in [3.05, 3.63) is 58.6 Å². The quantitative estimate of drug-likeness (QED) is 0.874. The Morgan fingerprint density at radius 1 is 1.09 bits per heavy atom. The van der Waals surface area contributed by atoms with Gasteiger partial charge in [-0.05, 0) is 43.2 Å². The van der Waals surface area contributed by atoms with E-state index in [1.807, 2.05) is 38.1 Å². The lowest BCUT2D eigenvalue weighted by atomic mass is 10.1. The first-order valence-corrected chi connectivity index (χ1v) is 7.81. The molecule has 2 amide bonds. The number of carbonyl (C=O) groups excluding carboxylic acids is 2. The number of anilines is 2. The predicted molar refractivity (Wildman–Crippen MR) is 91.9 cm³/mol. The van der Waals surface area contributed by atoms with E-state index in [-0.39, 0.29) is 18.2 Å². The number of halogens is 1. The molecule has 1 saturated heterocycles. The van der Waals surface area contributed by atoms with Crippen LogP contribution in [0.4, 0.5) is 11.4 Å². The highest BCUT2D eigenvalue weighted by Gasteiger charge is 2.40. The maximum absolute atomic E-state index is 12.7. The minimum absolute atomic E-state index is 0.122. The van der Waals surface area contributed by atoms with Crippen molar-refractivity contribution in [3.63, 3.8) is 0 Å². The fourth-order valence-corrected chi connectivity index (χ4v) is 2.93. The zero-order chi connectivity index (χ0) is 16.6. The van der Waals surface area contributed by atoms with Crippen LogP contribution in [0.15, 0.2) is 42.5 Å². The van der Waals surface area contributed by atoms with E-state index in [0.29, 0.717) is 16.4 Å². The Labute approximate surface area is 140 Å². The number of hydrogen-bond donors (Lipinski definition) is 1. The summed E-state index contributed by atoms with van der Waals surface area (Å²) in [4.78, 5) is 26.3. The Morgan fingerprint density at radius 2 is 1.83 bits per heavy atom. The lowest BCUT2D eigenvalue weighted by molar-refractivity contribution is -0.121. The van der Waals surface area contributed by atoms with E-state index < -0.39 is 6.04 Å². The largest absolute Gasteiger partial charge is 0.372 e. The fraction of sp³-hybridized carbons (Fsp3) is 0.222. The van der Waals surface area contributed by atoms with Crippen LogP contribution in [0, 0.1) is 13.8 Å². The zero-order valence-corrected chi connectivity index (χ0v) is 13.7. The molecule has 2 aromatic carbocycles. The number of benzene rings is 2. The molecule has 0 aromatic heterocycles. The third kappa shape index (κ3) is 2.82. The molecule has 0 bridgehead atoms. The van der Waals surface area contributed by atoms with E-state index >= 15 is 0 Å². The normalized spacial score (nSPS) is 17.7. The Kier molecular flexibility index (Phi) is 4.09. The smallest absolute Gasteiger partial charge is 0.256 e. The molecule has 1 aliphatic rings. The van der Waals surface area contributed by atoms with E-state index in [4.69, 9.17) is 11.6 Å². The van der Waals surface area contributed by atoms with Gasteiger partial charge >= 0.3 is 0 Å². The molecule has 3 rings (SSSR count). The van der Waals surface area contributed by atoms with E-state index in [1.165, 1.54) is 4.90 Å². The summed E-state index contributed by atoms with van der Waals surface area (Å²) >= 11 is 6.11. The summed E-state index contributed by atoms with van der Waals surface area (Å²) in [5, 5.41) is 3.61. The van der Waals surface area contributed by atoms with Crippen LogP contribution >= 0.6 is 11.6 Å². The minimum atomic E-state index is -0.595. The van der Waals surface area contributed by atoms with Crippen molar-refractivity contribution in [3.8, 4) is 0 Å². The number of aryl methyl sites for hydroxylation is 1. The SMILES string of the molecule is Cc1cccc(N2C(=O)C[C@H](Nc3ccccc3Cl)C2=O)c1C. The zero-order valence-electron chi connectivity index (χ0n) is 13.0. The number of rotatable bonds is 3. The average molecular weight is 329 g/mol. The summed E-state index contributed by atoms with van der Waals surface area (Å²) in [5.74, 6) is -0.447. The molecular weight excluding hydrogens is 312 g/mol. The van der Waals surface area contributed by atoms with Crippen LogP contribution in [0.3, 0.4) is 0 Å². The van der Waals surface area contributed by atoms with Gasteiger partial charge in [-0.25, -0.2) is 4.90 Å². The maximum Gasteiger partial charge on any atom is 0.256 e. The minimum Gasteiger partial charge on any atom is -0.372 e. The number of para-hydroxylation sites is 1. The molecule has 1 atom stereocenters. The molecule has 1 aliphatic heterocycles. The number of hydrogen-bond acceptors (Lipinski definition) is 3. The molecule has 1 fully saturated rings. The van der Waals surface area contributed by atoms with Gasteiger partial charge in [-0.2, -0.15) is 0 Å². The Hall–Kier alpha value is -2.33. The average Bonchev–Trinajstić information content (AvgIpc) is 2.79. The van der Waals surface area contributed by atoms with Gasteiger partial charge in [0.2, 0.25) is 5.91 Å². The van der Waals surface area contributed by atoms with E-state index in [2.05, 4.69) is 5.32 Å². The molecule has 4 nitrogen and oxygen atoms in total. The van der Waals surface area contributed by atoms with Crippen LogP contribution in [0.2, 0.25) is 5.02 Å². The van der Waals surface area contributed by atoms with Crippen molar-refractivity contribution in [1.29, 1.82) is 0 Å². The topological polar surface area (TPSA) is 49.4 Å². The molecule has 0 unspecified atom stereocenters. The second-order valence-corrected chi connectivity index (χ2v) is 6.07. The predicted octanol–water partition coefficient (Wildman–Crippen LogP) is 3.70. The third-order valence-corrected chi connectivity index (χ3v) is 4.50. The molecule has 118 valence electrons. The third-order valence-electron chi connectivity index (χ3n) is 4.17. The van der Waals surface area contributed by atoms with E-state index in [1.54, 1.807) is 18.2 Å². The molecule has 0 radical (unpaired) electrons. The van der Waals surface area contributed by atoms with Gasteiger partial charge in [0, 0.05) is 0 Å². The molecule has 0 saturated carbocycles. The van der Waals surface area contributed by atoms with Crippen molar-refractivity contribution >= 4 is 34.8 Å². The van der Waals surface area contributed by atoms with Crippen LogP contribution in [-0.4, -0.2) is 17.9 Å². The molecule has 1 N–H and O–H groups in total. The van der Waals surface area contributed by atoms with Crippen LogP contribution in [0.1, 0.15) is 17.5 Å². The molecule has 2 aromatic rings. The van der Waals surface area contributed by atoms with E-state index in [0.717, 1.165) is 11.1 Å². The maximum atomic E-state index is 12.7. The first-order chi connectivity index (χ1) is 11.0. The highest BCUT2D eigenvalue weighted by atomic mass is 35.5. The van der Waals surface area contributed by atoms with Crippen molar-refractivity contribution in [2.45, 2.75) is 26.3 Å². The first-order valence-electron chi connectivity index (χ1n) is 7.43. The lowest BCUT2D eigenvalue weighted by Gasteiger charge is -2.19. The second kappa shape index (κ2) is 6.05. The Morgan fingerprint density at radius 3 is 2.57 bits per heavy atom. The number of amides is 2. The van der Waals surface area contributed by atoms with Gasteiger partial charge < -0.3 is 5.32 Å². The summed E-state index contributed by atoms with van der Waals surface area (Å²) in [6.45, 7) is 3.88. The van der Waals surface area contributed by atoms with Crippen LogP contribution in [-0.2, 0) is 9.59 Å². The van der Waals surface area contributed by atoms with Crippen LogP contribution in [0.25, 0.3) is 0 Å². The van der Waals surface area contributed by atoms with Crippen molar-refractivity contribution < 1.29 is 9.59 Å². The lowest BCUT2D eigenvalue weighted by Crippen LogP contribution is -2.35. The first kappa shape index (κ1) is 15.6. The fourth-order valence-electron chi connectivity index (χ4n) is 2.74. The summed E-state index contributed by atoms with van der Waals surface area (Å²) < 4.78 is 0. The molecular formula is C18H17ClN2O2. The molecule has 0 spiro atoms. The van der Waals surface area contributed by atoms with Crippen molar-refractivity contribution in [2.75, 3.05) is 10.2 Å². The summed E-state index contributed by atoms with van der Waals surface area (Å²) in [5.41, 5.74) is 3.30. The number of nitrogens with one attached hydrogen (secondary N) is 1. The Bertz CT molecular complexity index is 788. The Balaban J connectivity index is 1.89. The molecule has 0 aliphatic carbocycles.